The van der Waals surface area contributed by atoms with Crippen LogP contribution in [0, 0.1) is 0 Å². The molecule has 4 N–H and O–H groups in total. The third-order valence-electron chi connectivity index (χ3n) is 8.42. The van der Waals surface area contributed by atoms with Gasteiger partial charge in [0.25, 0.3) is 0 Å². The molecular formula is C39H32N12O3. The summed E-state index contributed by atoms with van der Waals surface area (Å²) < 4.78 is 18.9. The molecule has 266 valence electrons. The van der Waals surface area contributed by atoms with Gasteiger partial charge in [0, 0.05) is 36.3 Å². The molecule has 0 bridgehead atoms. The zero-order chi connectivity index (χ0) is 36.7. The summed E-state index contributed by atoms with van der Waals surface area (Å²) in [5.41, 5.74) is 19.1. The van der Waals surface area contributed by atoms with E-state index in [1.54, 1.807) is 35.4 Å². The van der Waals surface area contributed by atoms with Crippen LogP contribution in [0.1, 0.15) is 28.1 Å². The highest BCUT2D eigenvalue weighted by Gasteiger charge is 2.15. The summed E-state index contributed by atoms with van der Waals surface area (Å²) in [4.78, 5) is 21.9. The molecule has 0 aliphatic rings. The average Bonchev–Trinajstić information content (AvgIpc) is 3.88. The lowest BCUT2D eigenvalue weighted by atomic mass is 10.1. The maximum absolute atomic E-state index is 6.36. The number of nitrogens with two attached hydrogens (primary N) is 2. The molecule has 0 amide bonds. The van der Waals surface area contributed by atoms with Crippen LogP contribution in [0.15, 0.2) is 126 Å². The summed E-state index contributed by atoms with van der Waals surface area (Å²) >= 11 is 0. The third-order valence-corrected chi connectivity index (χ3v) is 8.42. The first-order chi connectivity index (χ1) is 26.5. The Morgan fingerprint density at radius 3 is 2.07 bits per heavy atom. The monoisotopic (exact) mass is 716 g/mol. The van der Waals surface area contributed by atoms with Crippen molar-refractivity contribution in [2.75, 3.05) is 11.5 Å². The number of benzene rings is 2. The second kappa shape index (κ2) is 15.4. The Kier molecular flexibility index (Phi) is 9.56. The van der Waals surface area contributed by atoms with E-state index < -0.39 is 0 Å². The molecule has 0 aliphatic heterocycles. The standard InChI is InChI=1S/C39H32N12O3/c40-36-31(4-3-19-43-36)39-47-49-50-51(39)22-26-8-12-28(13-9-26)24-53-34-17-14-29(21-44-34)32-16-15-30(37(41)45-32)38-46-35(54-48-38)20-25-6-10-27(11-7-25)23-52-33-5-1-2-18-42-33/h1-19,21H,20,22-24H2,(H2,40,43)(H2,41,45). The summed E-state index contributed by atoms with van der Waals surface area (Å²) in [6, 6.07) is 32.6. The minimum atomic E-state index is 0.276. The number of rotatable bonds is 13. The van der Waals surface area contributed by atoms with E-state index in [4.69, 9.17) is 25.5 Å². The van der Waals surface area contributed by atoms with E-state index >= 15 is 0 Å². The predicted molar refractivity (Wildman–Crippen MR) is 198 cm³/mol. The largest absolute Gasteiger partial charge is 0.473 e. The maximum Gasteiger partial charge on any atom is 0.231 e. The third kappa shape index (κ3) is 7.84. The fraction of sp³-hybridized carbons (Fsp3) is 0.103. The van der Waals surface area contributed by atoms with Gasteiger partial charge < -0.3 is 25.5 Å². The lowest BCUT2D eigenvalue weighted by Gasteiger charge is -2.09. The van der Waals surface area contributed by atoms with E-state index in [1.165, 1.54) is 0 Å². The van der Waals surface area contributed by atoms with Crippen molar-refractivity contribution in [3.8, 4) is 45.8 Å². The predicted octanol–water partition coefficient (Wildman–Crippen LogP) is 5.60. The quantitative estimate of drug-likeness (QED) is 0.149. The highest BCUT2D eigenvalue weighted by atomic mass is 16.5. The van der Waals surface area contributed by atoms with Gasteiger partial charge in [-0.2, -0.15) is 4.98 Å². The van der Waals surface area contributed by atoms with Crippen LogP contribution >= 0.6 is 0 Å². The van der Waals surface area contributed by atoms with Crippen LogP contribution in [-0.2, 0) is 26.2 Å². The summed E-state index contributed by atoms with van der Waals surface area (Å²) in [5, 5.41) is 16.2. The van der Waals surface area contributed by atoms with E-state index in [0.29, 0.717) is 78.1 Å². The normalized spacial score (nSPS) is 11.0. The molecule has 0 spiro atoms. The molecule has 8 aromatic rings. The van der Waals surface area contributed by atoms with Crippen LogP contribution in [-0.4, -0.2) is 50.3 Å². The van der Waals surface area contributed by atoms with E-state index in [1.807, 2.05) is 91.0 Å². The molecule has 15 heteroatoms. The molecule has 0 unspecified atom stereocenters. The number of hydrogen-bond acceptors (Lipinski definition) is 14. The number of nitrogens with zero attached hydrogens (tertiary/aromatic N) is 10. The molecule has 8 rings (SSSR count). The van der Waals surface area contributed by atoms with E-state index in [-0.39, 0.29) is 5.82 Å². The van der Waals surface area contributed by atoms with Crippen LogP contribution in [0.2, 0.25) is 0 Å². The molecule has 6 heterocycles. The topological polar surface area (TPSA) is 205 Å². The maximum atomic E-state index is 6.36. The van der Waals surface area contributed by atoms with Crippen molar-refractivity contribution in [3.63, 3.8) is 0 Å². The van der Waals surface area contributed by atoms with Crippen molar-refractivity contribution in [2.24, 2.45) is 0 Å². The van der Waals surface area contributed by atoms with Gasteiger partial charge in [-0.25, -0.2) is 24.6 Å². The lowest BCUT2D eigenvalue weighted by Crippen LogP contribution is -2.06. The zero-order valence-electron chi connectivity index (χ0n) is 28.7. The number of aromatic nitrogens is 10. The minimum Gasteiger partial charge on any atom is -0.473 e. The van der Waals surface area contributed by atoms with Crippen molar-refractivity contribution in [1.82, 2.24) is 50.3 Å². The van der Waals surface area contributed by atoms with Crippen molar-refractivity contribution in [2.45, 2.75) is 26.2 Å². The fourth-order valence-electron chi connectivity index (χ4n) is 5.58. The smallest absolute Gasteiger partial charge is 0.231 e. The van der Waals surface area contributed by atoms with E-state index in [0.717, 1.165) is 27.8 Å². The van der Waals surface area contributed by atoms with Crippen molar-refractivity contribution in [3.05, 3.63) is 150 Å². The van der Waals surface area contributed by atoms with Gasteiger partial charge >= 0.3 is 0 Å². The van der Waals surface area contributed by atoms with Gasteiger partial charge in [-0.1, -0.05) is 59.8 Å². The molecule has 54 heavy (non-hydrogen) atoms. The van der Waals surface area contributed by atoms with Gasteiger partial charge in [0.2, 0.25) is 23.5 Å². The van der Waals surface area contributed by atoms with Gasteiger partial charge in [-0.15, -0.1) is 5.10 Å². The first-order valence-corrected chi connectivity index (χ1v) is 16.9. The number of tetrazole rings is 1. The number of pyridine rings is 4. The summed E-state index contributed by atoms with van der Waals surface area (Å²) in [6.45, 7) is 1.23. The Balaban J connectivity index is 0.841. The Labute approximate surface area is 308 Å². The SMILES string of the molecule is Nc1nc(-c2ccc(OCc3ccc(Cn4nnnc4-c4cccnc4N)cc3)nc2)ccc1-c1noc(Cc2ccc(COc3ccccn3)cc2)n1. The van der Waals surface area contributed by atoms with Gasteiger partial charge in [-0.05, 0) is 69.1 Å². The molecule has 0 saturated heterocycles. The van der Waals surface area contributed by atoms with Crippen LogP contribution in [0.25, 0.3) is 34.0 Å². The summed E-state index contributed by atoms with van der Waals surface area (Å²) in [6.07, 6.45) is 5.49. The molecular weight excluding hydrogens is 685 g/mol. The second-order valence-electron chi connectivity index (χ2n) is 12.2. The Bertz CT molecular complexity index is 2470. The molecule has 2 aromatic carbocycles. The van der Waals surface area contributed by atoms with Crippen LogP contribution < -0.4 is 20.9 Å². The lowest BCUT2D eigenvalue weighted by molar-refractivity contribution is 0.294. The second-order valence-corrected chi connectivity index (χ2v) is 12.2. The van der Waals surface area contributed by atoms with Gasteiger partial charge in [0.15, 0.2) is 5.82 Å². The number of hydrogen-bond donors (Lipinski definition) is 2. The van der Waals surface area contributed by atoms with Crippen molar-refractivity contribution >= 4 is 11.6 Å². The summed E-state index contributed by atoms with van der Waals surface area (Å²) in [5.74, 6) is 3.09. The van der Waals surface area contributed by atoms with Crippen molar-refractivity contribution in [1.29, 1.82) is 0 Å². The molecule has 0 fully saturated rings. The fourth-order valence-corrected chi connectivity index (χ4v) is 5.58. The van der Waals surface area contributed by atoms with Gasteiger partial charge in [-0.3, -0.25) is 0 Å². The summed E-state index contributed by atoms with van der Waals surface area (Å²) in [7, 11) is 0. The Morgan fingerprint density at radius 1 is 0.630 bits per heavy atom. The number of anilines is 2. The first-order valence-electron chi connectivity index (χ1n) is 16.9. The molecule has 15 nitrogen and oxygen atoms in total. The first kappa shape index (κ1) is 33.6. The van der Waals surface area contributed by atoms with Gasteiger partial charge in [0.05, 0.1) is 29.8 Å². The zero-order valence-corrected chi connectivity index (χ0v) is 28.7. The molecule has 0 aliphatic carbocycles. The Hall–Kier alpha value is -7.55. The molecule has 6 aromatic heterocycles. The minimum absolute atomic E-state index is 0.276. The molecule has 0 saturated carbocycles. The van der Waals surface area contributed by atoms with Crippen molar-refractivity contribution < 1.29 is 14.0 Å². The van der Waals surface area contributed by atoms with Crippen LogP contribution in [0.4, 0.5) is 11.6 Å². The van der Waals surface area contributed by atoms with Crippen LogP contribution in [0.5, 0.6) is 11.8 Å². The van der Waals surface area contributed by atoms with Crippen LogP contribution in [0.3, 0.4) is 0 Å². The van der Waals surface area contributed by atoms with E-state index in [2.05, 4.69) is 45.6 Å². The Morgan fingerprint density at radius 2 is 1.37 bits per heavy atom. The number of ether oxygens (including phenoxy) is 2. The highest BCUT2D eigenvalue weighted by molar-refractivity contribution is 5.72. The molecule has 0 radical (unpaired) electrons. The van der Waals surface area contributed by atoms with Gasteiger partial charge in [0.1, 0.15) is 24.8 Å². The molecule has 0 atom stereocenters. The number of nitrogen functional groups attached to an aromatic ring is 2. The van der Waals surface area contributed by atoms with E-state index in [9.17, 15) is 0 Å². The highest BCUT2D eigenvalue weighted by Crippen LogP contribution is 2.27. The average molecular weight is 717 g/mol.